The number of rotatable bonds is 20. The fourth-order valence-corrected chi connectivity index (χ4v) is 3.61. The molecule has 0 aromatic heterocycles. The predicted octanol–water partition coefficient (Wildman–Crippen LogP) is 3.92. The van der Waals surface area contributed by atoms with Crippen molar-refractivity contribution >= 4 is 10.4 Å². The zero-order chi connectivity index (χ0) is 20.2. The van der Waals surface area contributed by atoms with Crippen molar-refractivity contribution in [3.8, 4) is 0 Å². The Morgan fingerprint density at radius 2 is 1.25 bits per heavy atom. The molecule has 0 saturated heterocycles. The Kier molecular flexibility index (Phi) is 25.7. The molecule has 0 aliphatic carbocycles. The van der Waals surface area contributed by atoms with Crippen LogP contribution in [0.15, 0.2) is 12.2 Å². The largest absolute Gasteiger partial charge is 1.00 e. The van der Waals surface area contributed by atoms with E-state index in [4.69, 9.17) is 0 Å². The van der Waals surface area contributed by atoms with Crippen LogP contribution in [0.4, 0.5) is 0 Å². The maximum atomic E-state index is 10.7. The van der Waals surface area contributed by atoms with Gasteiger partial charge in [0.15, 0.2) is 0 Å². The first kappa shape index (κ1) is 31.4. The van der Waals surface area contributed by atoms with Crippen LogP contribution in [0.2, 0.25) is 0 Å². The van der Waals surface area contributed by atoms with Crippen LogP contribution in [0, 0.1) is 5.92 Å². The van der Waals surface area contributed by atoms with Crippen LogP contribution in [0.1, 0.15) is 117 Å². The van der Waals surface area contributed by atoms with Crippen molar-refractivity contribution in [2.24, 2.45) is 5.92 Å². The van der Waals surface area contributed by atoms with Crippen molar-refractivity contribution in [3.05, 3.63) is 12.2 Å². The smallest absolute Gasteiger partial charge is 0.726 e. The minimum absolute atomic E-state index is 0. The fraction of sp³-hybridized carbons (Fsp3) is 0.909. The summed E-state index contributed by atoms with van der Waals surface area (Å²) >= 11 is 0. The Morgan fingerprint density at radius 3 is 1.71 bits per heavy atom. The Morgan fingerprint density at radius 1 is 0.786 bits per heavy atom. The predicted molar refractivity (Wildman–Crippen MR) is 113 cm³/mol. The summed E-state index contributed by atoms with van der Waals surface area (Å²) < 4.78 is 36.5. The van der Waals surface area contributed by atoms with E-state index in [-0.39, 0.29) is 63.9 Å². The molecule has 0 aliphatic heterocycles. The summed E-state index contributed by atoms with van der Waals surface area (Å²) in [4.78, 5) is 0. The maximum Gasteiger partial charge on any atom is 1.00 e. The van der Waals surface area contributed by atoms with Crippen molar-refractivity contribution in [2.75, 3.05) is 6.61 Å². The quantitative estimate of drug-likeness (QED) is 0.0942. The Hall–Kier alpha value is 1.25. The van der Waals surface area contributed by atoms with Gasteiger partial charge in [-0.3, -0.25) is 4.18 Å². The summed E-state index contributed by atoms with van der Waals surface area (Å²) in [6.45, 7) is 4.38. The summed E-state index contributed by atoms with van der Waals surface area (Å²) in [6.07, 6.45) is 23.9. The summed E-state index contributed by atoms with van der Waals surface area (Å²) in [7, 11) is -4.59. The number of allylic oxidation sites excluding steroid dienone is 1. The first-order chi connectivity index (χ1) is 13.0. The van der Waals surface area contributed by atoms with Crippen LogP contribution in [0.5, 0.6) is 0 Å². The summed E-state index contributed by atoms with van der Waals surface area (Å²) in [5.41, 5.74) is 0. The van der Waals surface area contributed by atoms with E-state index in [0.29, 0.717) is 0 Å². The molecule has 0 radical (unpaired) electrons. The van der Waals surface area contributed by atoms with Crippen LogP contribution in [-0.4, -0.2) is 19.6 Å². The van der Waals surface area contributed by atoms with Gasteiger partial charge in [0.2, 0.25) is 10.4 Å². The van der Waals surface area contributed by atoms with Crippen LogP contribution >= 0.6 is 0 Å². The monoisotopic (exact) mass is 442 g/mol. The standard InChI is InChI=1S/C22H44O4S.K/c1-3-5-7-9-10-11-12-13-14-15-16-18-20-22(19-17-8-6-4-2)21-26-27(23,24)25;/h17,19,22H,3-16,18,20-21H2,1-2H3,(H,23,24,25);/q;+1/p-1/b19-17+;. The molecule has 28 heavy (non-hydrogen) atoms. The van der Waals surface area contributed by atoms with Crippen molar-refractivity contribution < 1.29 is 68.5 Å². The van der Waals surface area contributed by atoms with Gasteiger partial charge in [-0.2, -0.15) is 0 Å². The number of unbranched alkanes of at least 4 members (excludes halogenated alkanes) is 13. The average Bonchev–Trinajstić information content (AvgIpc) is 2.62. The first-order valence-corrected chi connectivity index (χ1v) is 12.6. The molecule has 0 spiro atoms. The zero-order valence-electron chi connectivity index (χ0n) is 18.8. The van der Waals surface area contributed by atoms with E-state index < -0.39 is 10.4 Å². The van der Waals surface area contributed by atoms with Crippen LogP contribution in [0.25, 0.3) is 0 Å². The van der Waals surface area contributed by atoms with Gasteiger partial charge in [-0.1, -0.05) is 116 Å². The molecule has 0 fully saturated rings. The third-order valence-electron chi connectivity index (χ3n) is 4.99. The second-order valence-corrected chi connectivity index (χ2v) is 8.75. The molecule has 0 aromatic carbocycles. The topological polar surface area (TPSA) is 66.4 Å². The molecular weight excluding hydrogens is 399 g/mol. The molecule has 0 heterocycles. The van der Waals surface area contributed by atoms with Crippen LogP contribution < -0.4 is 51.4 Å². The zero-order valence-corrected chi connectivity index (χ0v) is 22.7. The summed E-state index contributed by atoms with van der Waals surface area (Å²) in [5.74, 6) is 0.0219. The molecule has 4 nitrogen and oxygen atoms in total. The second kappa shape index (κ2) is 22.9. The minimum atomic E-state index is -4.59. The molecule has 0 bridgehead atoms. The van der Waals surface area contributed by atoms with Crippen LogP contribution in [0.3, 0.4) is 0 Å². The van der Waals surface area contributed by atoms with Crippen LogP contribution in [-0.2, 0) is 14.6 Å². The molecule has 0 rings (SSSR count). The van der Waals surface area contributed by atoms with E-state index in [0.717, 1.165) is 32.1 Å². The summed E-state index contributed by atoms with van der Waals surface area (Å²) in [5, 5.41) is 0. The Balaban J connectivity index is 0. The Bertz CT molecular complexity index is 438. The molecular formula is C22H43KO4S. The van der Waals surface area contributed by atoms with E-state index in [9.17, 15) is 13.0 Å². The molecule has 162 valence electrons. The van der Waals surface area contributed by atoms with E-state index in [1.54, 1.807) is 0 Å². The average molecular weight is 443 g/mol. The fourth-order valence-electron chi connectivity index (χ4n) is 3.26. The molecule has 1 unspecified atom stereocenters. The number of hydrogen-bond donors (Lipinski definition) is 0. The molecule has 0 amide bonds. The van der Waals surface area contributed by atoms with Gasteiger partial charge < -0.3 is 4.55 Å². The molecule has 6 heteroatoms. The van der Waals surface area contributed by atoms with Gasteiger partial charge in [0, 0.05) is 5.92 Å². The van der Waals surface area contributed by atoms with Crippen molar-refractivity contribution in [2.45, 2.75) is 117 Å². The van der Waals surface area contributed by atoms with Crippen molar-refractivity contribution in [3.63, 3.8) is 0 Å². The number of hydrogen-bond acceptors (Lipinski definition) is 4. The SMILES string of the molecule is CCCC/C=C/C(CCCCCCCCCCCCCC)COS(=O)(=O)[O-].[K+]. The molecule has 0 aliphatic rings. The first-order valence-electron chi connectivity index (χ1n) is 11.3. The van der Waals surface area contributed by atoms with Gasteiger partial charge in [0.25, 0.3) is 0 Å². The van der Waals surface area contributed by atoms with Gasteiger partial charge in [0.1, 0.15) is 0 Å². The van der Waals surface area contributed by atoms with Crippen molar-refractivity contribution in [1.82, 2.24) is 0 Å². The minimum Gasteiger partial charge on any atom is -0.726 e. The Labute approximate surface area is 218 Å². The summed E-state index contributed by atoms with van der Waals surface area (Å²) in [6, 6.07) is 0. The normalized spacial score (nSPS) is 13.0. The third kappa shape index (κ3) is 25.3. The van der Waals surface area contributed by atoms with E-state index in [1.807, 2.05) is 6.08 Å². The molecule has 0 aromatic rings. The van der Waals surface area contributed by atoms with Gasteiger partial charge >= 0.3 is 51.4 Å². The molecule has 1 atom stereocenters. The second-order valence-electron chi connectivity index (χ2n) is 7.70. The third-order valence-corrected chi connectivity index (χ3v) is 5.41. The van der Waals surface area contributed by atoms with Gasteiger partial charge in [-0.15, -0.1) is 0 Å². The molecule has 0 saturated carbocycles. The van der Waals surface area contributed by atoms with Crippen molar-refractivity contribution in [1.29, 1.82) is 0 Å². The van der Waals surface area contributed by atoms with E-state index in [2.05, 4.69) is 24.1 Å². The molecule has 0 N–H and O–H groups in total. The van der Waals surface area contributed by atoms with Gasteiger partial charge in [-0.25, -0.2) is 8.42 Å². The van der Waals surface area contributed by atoms with Gasteiger partial charge in [-0.05, 0) is 12.8 Å². The van der Waals surface area contributed by atoms with E-state index >= 15 is 0 Å². The maximum absolute atomic E-state index is 10.7. The van der Waals surface area contributed by atoms with E-state index in [1.165, 1.54) is 70.6 Å². The van der Waals surface area contributed by atoms with Gasteiger partial charge in [0.05, 0.1) is 6.61 Å².